The molecule has 0 saturated carbocycles. The van der Waals surface area contributed by atoms with Gasteiger partial charge in [0, 0.05) is 10.7 Å². The van der Waals surface area contributed by atoms with Gasteiger partial charge in [-0.15, -0.1) is 0 Å². The predicted octanol–water partition coefficient (Wildman–Crippen LogP) is 4.06. The molecule has 0 aliphatic heterocycles. The van der Waals surface area contributed by atoms with E-state index in [1.54, 1.807) is 56.5 Å². The Bertz CT molecular complexity index is 655. The second-order valence-electron chi connectivity index (χ2n) is 4.84. The van der Waals surface area contributed by atoms with Crippen molar-refractivity contribution in [3.05, 3.63) is 53.1 Å². The van der Waals surface area contributed by atoms with Crippen molar-refractivity contribution in [2.24, 2.45) is 0 Å². The number of carbonyl (C=O) groups is 1. The molecule has 0 fully saturated rings. The number of ether oxygens (including phenoxy) is 2. The van der Waals surface area contributed by atoms with Crippen LogP contribution in [0, 0.1) is 6.92 Å². The maximum absolute atomic E-state index is 12.2. The molecule has 0 aliphatic carbocycles. The number of nitrogens with one attached hydrogen (secondary N) is 1. The molecular weight excluding hydrogens is 302 g/mol. The van der Waals surface area contributed by atoms with Crippen LogP contribution in [0.1, 0.15) is 12.5 Å². The molecule has 1 atom stereocenters. The molecule has 2 rings (SSSR count). The number of hydrogen-bond donors (Lipinski definition) is 1. The zero-order valence-electron chi connectivity index (χ0n) is 12.7. The summed E-state index contributed by atoms with van der Waals surface area (Å²) in [4.78, 5) is 12.2. The fraction of sp³-hybridized carbons (Fsp3) is 0.235. The van der Waals surface area contributed by atoms with E-state index in [0.29, 0.717) is 16.5 Å². The lowest BCUT2D eigenvalue weighted by atomic mass is 10.2. The first kappa shape index (κ1) is 16.2. The van der Waals surface area contributed by atoms with Crippen molar-refractivity contribution >= 4 is 23.2 Å². The largest absolute Gasteiger partial charge is 0.497 e. The summed E-state index contributed by atoms with van der Waals surface area (Å²) in [5.74, 6) is 1.10. The quantitative estimate of drug-likeness (QED) is 0.904. The molecule has 2 aromatic rings. The molecule has 0 bridgehead atoms. The van der Waals surface area contributed by atoms with Crippen molar-refractivity contribution < 1.29 is 14.3 Å². The van der Waals surface area contributed by atoms with Gasteiger partial charge in [0.1, 0.15) is 11.5 Å². The number of benzene rings is 2. The van der Waals surface area contributed by atoms with Crippen LogP contribution in [0.25, 0.3) is 0 Å². The molecule has 1 amide bonds. The third-order valence-electron chi connectivity index (χ3n) is 3.27. The highest BCUT2D eigenvalue weighted by atomic mass is 35.5. The Hall–Kier alpha value is -2.20. The smallest absolute Gasteiger partial charge is 0.265 e. The Labute approximate surface area is 135 Å². The van der Waals surface area contributed by atoms with Gasteiger partial charge < -0.3 is 14.8 Å². The molecule has 4 nitrogen and oxygen atoms in total. The predicted molar refractivity (Wildman–Crippen MR) is 87.9 cm³/mol. The van der Waals surface area contributed by atoms with Gasteiger partial charge in [0.25, 0.3) is 5.91 Å². The lowest BCUT2D eigenvalue weighted by Crippen LogP contribution is -2.30. The van der Waals surface area contributed by atoms with Crippen molar-refractivity contribution in [3.8, 4) is 11.5 Å². The van der Waals surface area contributed by atoms with E-state index in [0.717, 1.165) is 11.3 Å². The molecule has 116 valence electrons. The van der Waals surface area contributed by atoms with Crippen LogP contribution in [-0.2, 0) is 4.79 Å². The maximum Gasteiger partial charge on any atom is 0.265 e. The van der Waals surface area contributed by atoms with Gasteiger partial charge >= 0.3 is 0 Å². The molecule has 0 spiro atoms. The summed E-state index contributed by atoms with van der Waals surface area (Å²) in [6.45, 7) is 3.55. The van der Waals surface area contributed by atoms with E-state index in [1.165, 1.54) is 0 Å². The van der Waals surface area contributed by atoms with Gasteiger partial charge in [-0.2, -0.15) is 0 Å². The zero-order chi connectivity index (χ0) is 16.1. The Balaban J connectivity index is 2.01. The second kappa shape index (κ2) is 7.18. The summed E-state index contributed by atoms with van der Waals surface area (Å²) in [5, 5.41) is 3.43. The number of carbonyl (C=O) groups excluding carboxylic acids is 1. The van der Waals surface area contributed by atoms with Gasteiger partial charge in [-0.25, -0.2) is 0 Å². The highest BCUT2D eigenvalue weighted by molar-refractivity contribution is 6.31. The molecule has 0 aliphatic rings. The minimum absolute atomic E-state index is 0.235. The number of amides is 1. The summed E-state index contributed by atoms with van der Waals surface area (Å²) in [7, 11) is 1.60. The minimum Gasteiger partial charge on any atom is -0.497 e. The summed E-state index contributed by atoms with van der Waals surface area (Å²) < 4.78 is 10.7. The number of hydrogen-bond acceptors (Lipinski definition) is 3. The van der Waals surface area contributed by atoms with E-state index in [-0.39, 0.29) is 5.91 Å². The van der Waals surface area contributed by atoms with Gasteiger partial charge in [0.05, 0.1) is 7.11 Å². The third-order valence-corrected chi connectivity index (χ3v) is 3.68. The topological polar surface area (TPSA) is 47.6 Å². The van der Waals surface area contributed by atoms with Crippen LogP contribution < -0.4 is 14.8 Å². The maximum atomic E-state index is 12.2. The first-order chi connectivity index (χ1) is 10.5. The van der Waals surface area contributed by atoms with E-state index >= 15 is 0 Å². The van der Waals surface area contributed by atoms with E-state index in [1.807, 2.05) is 6.92 Å². The van der Waals surface area contributed by atoms with Gasteiger partial charge in [-0.1, -0.05) is 17.7 Å². The van der Waals surface area contributed by atoms with Crippen LogP contribution in [0.4, 0.5) is 5.69 Å². The van der Waals surface area contributed by atoms with Crippen LogP contribution >= 0.6 is 11.6 Å². The van der Waals surface area contributed by atoms with Crippen molar-refractivity contribution in [1.29, 1.82) is 0 Å². The lowest BCUT2D eigenvalue weighted by molar-refractivity contribution is -0.122. The second-order valence-corrected chi connectivity index (χ2v) is 5.24. The highest BCUT2D eigenvalue weighted by Gasteiger charge is 2.16. The number of rotatable bonds is 5. The molecule has 0 radical (unpaired) electrons. The first-order valence-corrected chi connectivity index (χ1v) is 7.25. The Morgan fingerprint density at radius 2 is 1.77 bits per heavy atom. The molecule has 1 N–H and O–H groups in total. The molecule has 0 aromatic heterocycles. The van der Waals surface area contributed by atoms with Crippen molar-refractivity contribution in [2.45, 2.75) is 20.0 Å². The monoisotopic (exact) mass is 319 g/mol. The highest BCUT2D eigenvalue weighted by Crippen LogP contribution is 2.23. The van der Waals surface area contributed by atoms with Crippen molar-refractivity contribution in [3.63, 3.8) is 0 Å². The average molecular weight is 320 g/mol. The summed E-state index contributed by atoms with van der Waals surface area (Å²) >= 11 is 6.04. The molecule has 1 unspecified atom stereocenters. The van der Waals surface area contributed by atoms with Crippen LogP contribution in [0.3, 0.4) is 0 Å². The van der Waals surface area contributed by atoms with Gasteiger partial charge in [0.2, 0.25) is 0 Å². The zero-order valence-corrected chi connectivity index (χ0v) is 13.5. The lowest BCUT2D eigenvalue weighted by Gasteiger charge is -2.16. The SMILES string of the molecule is COc1ccc(OC(C)C(=O)Nc2cccc(Cl)c2C)cc1. The number of halogens is 1. The molecule has 5 heteroatoms. The van der Waals surface area contributed by atoms with E-state index in [4.69, 9.17) is 21.1 Å². The van der Waals surface area contributed by atoms with E-state index in [9.17, 15) is 4.79 Å². The molecule has 0 saturated heterocycles. The molecule has 0 heterocycles. The first-order valence-electron chi connectivity index (χ1n) is 6.88. The average Bonchev–Trinajstić information content (AvgIpc) is 2.52. The van der Waals surface area contributed by atoms with Crippen molar-refractivity contribution in [1.82, 2.24) is 0 Å². The Kier molecular flexibility index (Phi) is 5.28. The van der Waals surface area contributed by atoms with Crippen molar-refractivity contribution in [2.75, 3.05) is 12.4 Å². The Morgan fingerprint density at radius 1 is 1.14 bits per heavy atom. The van der Waals surface area contributed by atoms with Gasteiger partial charge in [-0.3, -0.25) is 4.79 Å². The van der Waals surface area contributed by atoms with Gasteiger partial charge in [-0.05, 0) is 55.8 Å². The minimum atomic E-state index is -0.633. The summed E-state index contributed by atoms with van der Waals surface area (Å²) in [6, 6.07) is 12.5. The normalized spacial score (nSPS) is 11.6. The molecular formula is C17H18ClNO3. The third kappa shape index (κ3) is 3.92. The van der Waals surface area contributed by atoms with E-state index < -0.39 is 6.10 Å². The van der Waals surface area contributed by atoms with Gasteiger partial charge in [0.15, 0.2) is 6.10 Å². The van der Waals surface area contributed by atoms with Crippen LogP contribution in [0.2, 0.25) is 5.02 Å². The van der Waals surface area contributed by atoms with Crippen LogP contribution in [0.15, 0.2) is 42.5 Å². The van der Waals surface area contributed by atoms with E-state index in [2.05, 4.69) is 5.32 Å². The fourth-order valence-electron chi connectivity index (χ4n) is 1.89. The summed E-state index contributed by atoms with van der Waals surface area (Å²) in [6.07, 6.45) is -0.633. The van der Waals surface area contributed by atoms with Crippen LogP contribution in [0.5, 0.6) is 11.5 Å². The number of anilines is 1. The van der Waals surface area contributed by atoms with Crippen LogP contribution in [-0.4, -0.2) is 19.1 Å². The summed E-state index contributed by atoms with van der Waals surface area (Å²) in [5.41, 5.74) is 1.51. The molecule has 22 heavy (non-hydrogen) atoms. The fourth-order valence-corrected chi connectivity index (χ4v) is 2.06. The standard InChI is InChI=1S/C17H18ClNO3/c1-11-15(18)5-4-6-16(11)19-17(20)12(2)22-14-9-7-13(21-3)8-10-14/h4-10,12H,1-3H3,(H,19,20). The number of methoxy groups -OCH3 is 1. The molecule has 2 aromatic carbocycles. The Morgan fingerprint density at radius 3 is 2.41 bits per heavy atom.